The van der Waals surface area contributed by atoms with Gasteiger partial charge in [0, 0.05) is 13.1 Å². The number of nitrogens with zero attached hydrogens (tertiary/aromatic N) is 1. The van der Waals surface area contributed by atoms with E-state index in [0.29, 0.717) is 5.92 Å². The van der Waals surface area contributed by atoms with E-state index in [9.17, 15) is 4.79 Å². The van der Waals surface area contributed by atoms with E-state index in [0.717, 1.165) is 19.5 Å². The number of carbonyl (C=O) groups is 1. The van der Waals surface area contributed by atoms with Crippen LogP contribution in [0, 0.1) is 5.92 Å². The molecule has 0 aromatic heterocycles. The molecule has 1 rings (SSSR count). The Morgan fingerprint density at radius 3 is 2.91 bits per heavy atom. The normalized spacial score (nSPS) is 24.2. The van der Waals surface area contributed by atoms with Gasteiger partial charge in [0.15, 0.2) is 0 Å². The van der Waals surface area contributed by atoms with Crippen molar-refractivity contribution in [3.8, 4) is 0 Å². The second kappa shape index (κ2) is 3.96. The lowest BCUT2D eigenvalue weighted by atomic mass is 10.1. The fourth-order valence-electron chi connectivity index (χ4n) is 1.48. The predicted molar refractivity (Wildman–Crippen MR) is 45.7 cm³/mol. The van der Waals surface area contributed by atoms with Gasteiger partial charge in [-0.1, -0.05) is 13.3 Å². The Bertz CT molecular complexity index is 149. The summed E-state index contributed by atoms with van der Waals surface area (Å²) in [7, 11) is 0. The number of hydrogen-bond acceptors (Lipinski definition) is 1. The third-order valence-corrected chi connectivity index (χ3v) is 2.56. The van der Waals surface area contributed by atoms with Crippen LogP contribution in [0.1, 0.15) is 19.8 Å². The molecule has 1 atom stereocenters. The van der Waals surface area contributed by atoms with Gasteiger partial charge in [-0.05, 0) is 12.3 Å². The van der Waals surface area contributed by atoms with Crippen LogP contribution >= 0.6 is 11.6 Å². The highest BCUT2D eigenvalue weighted by atomic mass is 35.5. The first-order chi connectivity index (χ1) is 5.27. The van der Waals surface area contributed by atoms with E-state index < -0.39 is 0 Å². The van der Waals surface area contributed by atoms with Gasteiger partial charge in [-0.25, -0.2) is 0 Å². The lowest BCUT2D eigenvalue weighted by Crippen LogP contribution is -2.29. The molecule has 0 aromatic rings. The maximum atomic E-state index is 11.1. The van der Waals surface area contributed by atoms with Crippen LogP contribution in [0.2, 0.25) is 0 Å². The van der Waals surface area contributed by atoms with Crippen molar-refractivity contribution in [2.75, 3.05) is 19.0 Å². The fourth-order valence-corrected chi connectivity index (χ4v) is 1.65. The summed E-state index contributed by atoms with van der Waals surface area (Å²) in [5, 5.41) is 0. The van der Waals surface area contributed by atoms with Crippen molar-refractivity contribution in [2.24, 2.45) is 5.92 Å². The molecule has 2 nitrogen and oxygen atoms in total. The van der Waals surface area contributed by atoms with Crippen LogP contribution in [0.4, 0.5) is 0 Å². The van der Waals surface area contributed by atoms with Gasteiger partial charge >= 0.3 is 0 Å². The molecule has 0 aromatic carbocycles. The Labute approximate surface area is 72.5 Å². The molecule has 0 aliphatic carbocycles. The molecule has 1 saturated heterocycles. The van der Waals surface area contributed by atoms with Crippen LogP contribution in [-0.4, -0.2) is 29.8 Å². The Hall–Kier alpha value is -0.240. The van der Waals surface area contributed by atoms with Crippen LogP contribution < -0.4 is 0 Å². The number of halogens is 1. The molecule has 1 amide bonds. The maximum absolute atomic E-state index is 11.1. The lowest BCUT2D eigenvalue weighted by molar-refractivity contribution is -0.127. The summed E-state index contributed by atoms with van der Waals surface area (Å²) in [4.78, 5) is 12.9. The van der Waals surface area contributed by atoms with Gasteiger partial charge in [0.2, 0.25) is 5.91 Å². The van der Waals surface area contributed by atoms with Crippen LogP contribution in [-0.2, 0) is 4.79 Å². The van der Waals surface area contributed by atoms with Gasteiger partial charge in [0.25, 0.3) is 0 Å². The number of rotatable bonds is 2. The number of hydrogen-bond donors (Lipinski definition) is 0. The average molecular weight is 176 g/mol. The summed E-state index contributed by atoms with van der Waals surface area (Å²) in [6.07, 6.45) is 2.32. The van der Waals surface area contributed by atoms with E-state index in [1.54, 1.807) is 0 Å². The van der Waals surface area contributed by atoms with Gasteiger partial charge in [0.1, 0.15) is 5.88 Å². The van der Waals surface area contributed by atoms with Crippen molar-refractivity contribution < 1.29 is 4.79 Å². The molecule has 1 aliphatic heterocycles. The number of alkyl halides is 1. The molecular formula is C8H14ClNO. The van der Waals surface area contributed by atoms with E-state index in [4.69, 9.17) is 11.6 Å². The number of carbonyl (C=O) groups excluding carboxylic acids is 1. The maximum Gasteiger partial charge on any atom is 0.237 e. The van der Waals surface area contributed by atoms with Crippen LogP contribution in [0.3, 0.4) is 0 Å². The van der Waals surface area contributed by atoms with E-state index in [2.05, 4.69) is 6.92 Å². The smallest absolute Gasteiger partial charge is 0.237 e. The Kier molecular flexibility index (Phi) is 3.18. The van der Waals surface area contributed by atoms with Crippen LogP contribution in [0.15, 0.2) is 0 Å². The summed E-state index contributed by atoms with van der Waals surface area (Å²) in [6, 6.07) is 0. The highest BCUT2D eigenvalue weighted by molar-refractivity contribution is 6.27. The van der Waals surface area contributed by atoms with E-state index in [-0.39, 0.29) is 11.8 Å². The minimum atomic E-state index is 0.0858. The van der Waals surface area contributed by atoms with E-state index in [1.807, 2.05) is 4.90 Å². The second-order valence-corrected chi connectivity index (χ2v) is 3.30. The summed E-state index contributed by atoms with van der Waals surface area (Å²) in [5.41, 5.74) is 0. The molecule has 0 saturated carbocycles. The van der Waals surface area contributed by atoms with Gasteiger partial charge in [0.05, 0.1) is 0 Å². The molecule has 1 heterocycles. The number of amides is 1. The first kappa shape index (κ1) is 8.85. The molecule has 1 aliphatic rings. The zero-order valence-electron chi connectivity index (χ0n) is 6.85. The van der Waals surface area contributed by atoms with E-state index >= 15 is 0 Å². The molecule has 3 heteroatoms. The van der Waals surface area contributed by atoms with Crippen molar-refractivity contribution in [3.63, 3.8) is 0 Å². The lowest BCUT2D eigenvalue weighted by Gasteiger charge is -2.13. The molecule has 0 radical (unpaired) electrons. The monoisotopic (exact) mass is 175 g/mol. The largest absolute Gasteiger partial charge is 0.341 e. The summed E-state index contributed by atoms with van der Waals surface area (Å²) in [6.45, 7) is 3.99. The molecule has 64 valence electrons. The minimum Gasteiger partial charge on any atom is -0.341 e. The van der Waals surface area contributed by atoms with Crippen molar-refractivity contribution in [3.05, 3.63) is 0 Å². The molecule has 0 bridgehead atoms. The fraction of sp³-hybridized carbons (Fsp3) is 0.875. The standard InChI is InChI=1S/C8H14ClNO/c1-2-7-3-4-10(6-7)8(11)5-9/h7H,2-6H2,1H3/t7-/m1/s1. The zero-order chi connectivity index (χ0) is 8.27. The summed E-state index contributed by atoms with van der Waals surface area (Å²) >= 11 is 5.43. The third-order valence-electron chi connectivity index (χ3n) is 2.33. The van der Waals surface area contributed by atoms with Crippen molar-refractivity contribution in [1.82, 2.24) is 4.90 Å². The van der Waals surface area contributed by atoms with Crippen molar-refractivity contribution in [1.29, 1.82) is 0 Å². The van der Waals surface area contributed by atoms with Gasteiger partial charge in [-0.3, -0.25) is 4.79 Å². The van der Waals surface area contributed by atoms with Crippen molar-refractivity contribution >= 4 is 17.5 Å². The molecule has 11 heavy (non-hydrogen) atoms. The SMILES string of the molecule is CC[C@@H]1CCN(C(=O)CCl)C1. The first-order valence-electron chi connectivity index (χ1n) is 4.11. The van der Waals surface area contributed by atoms with Gasteiger partial charge in [-0.15, -0.1) is 11.6 Å². The van der Waals surface area contributed by atoms with Crippen molar-refractivity contribution in [2.45, 2.75) is 19.8 Å². The Balaban J connectivity index is 2.35. The Morgan fingerprint density at radius 2 is 2.45 bits per heavy atom. The summed E-state index contributed by atoms with van der Waals surface area (Å²) < 4.78 is 0. The quantitative estimate of drug-likeness (QED) is 0.583. The molecule has 1 fully saturated rings. The molecular weight excluding hydrogens is 162 g/mol. The zero-order valence-corrected chi connectivity index (χ0v) is 7.60. The van der Waals surface area contributed by atoms with Gasteiger partial charge < -0.3 is 4.90 Å². The molecule has 0 N–H and O–H groups in total. The molecule has 0 unspecified atom stereocenters. The van der Waals surface area contributed by atoms with Crippen LogP contribution in [0.25, 0.3) is 0 Å². The Morgan fingerprint density at radius 1 is 1.73 bits per heavy atom. The van der Waals surface area contributed by atoms with Gasteiger partial charge in [-0.2, -0.15) is 0 Å². The second-order valence-electron chi connectivity index (χ2n) is 3.04. The highest BCUT2D eigenvalue weighted by Gasteiger charge is 2.23. The van der Waals surface area contributed by atoms with E-state index in [1.165, 1.54) is 6.42 Å². The topological polar surface area (TPSA) is 20.3 Å². The number of likely N-dealkylation sites (tertiary alicyclic amines) is 1. The molecule has 0 spiro atoms. The third kappa shape index (κ3) is 2.09. The predicted octanol–water partition coefficient (Wildman–Crippen LogP) is 1.48. The van der Waals surface area contributed by atoms with Crippen LogP contribution in [0.5, 0.6) is 0 Å². The summed E-state index contributed by atoms with van der Waals surface area (Å²) in [5.74, 6) is 0.931. The first-order valence-corrected chi connectivity index (χ1v) is 4.65. The average Bonchev–Trinajstić information content (AvgIpc) is 2.50. The minimum absolute atomic E-state index is 0.0858. The highest BCUT2D eigenvalue weighted by Crippen LogP contribution is 2.18.